The Morgan fingerprint density at radius 1 is 1.44 bits per heavy atom. The monoisotopic (exact) mass is 228 g/mol. The maximum Gasteiger partial charge on any atom is 0.243 e. The lowest BCUT2D eigenvalue weighted by Gasteiger charge is -2.38. The maximum absolute atomic E-state index is 11.8. The summed E-state index contributed by atoms with van der Waals surface area (Å²) in [5, 5.41) is 15.2. The lowest BCUT2D eigenvalue weighted by atomic mass is 9.85. The van der Waals surface area contributed by atoms with E-state index >= 15 is 0 Å². The highest BCUT2D eigenvalue weighted by atomic mass is 16.3. The summed E-state index contributed by atoms with van der Waals surface area (Å²) in [7, 11) is 0. The molecule has 92 valence electrons. The van der Waals surface area contributed by atoms with Crippen molar-refractivity contribution < 1.29 is 14.7 Å². The zero-order chi connectivity index (χ0) is 12.6. The van der Waals surface area contributed by atoms with Crippen LogP contribution in [0.2, 0.25) is 0 Å². The highest BCUT2D eigenvalue weighted by molar-refractivity contribution is 5.91. The van der Waals surface area contributed by atoms with Crippen LogP contribution in [0.25, 0.3) is 0 Å². The van der Waals surface area contributed by atoms with Crippen molar-refractivity contribution in [2.45, 2.75) is 57.7 Å². The van der Waals surface area contributed by atoms with Crippen LogP contribution in [0.4, 0.5) is 0 Å². The lowest BCUT2D eigenvalue weighted by Crippen LogP contribution is -2.60. The third kappa shape index (κ3) is 2.72. The van der Waals surface area contributed by atoms with E-state index in [1.807, 2.05) is 0 Å². The molecular formula is C11H20N2O3. The van der Waals surface area contributed by atoms with E-state index in [4.69, 9.17) is 0 Å². The molecule has 0 aromatic rings. The van der Waals surface area contributed by atoms with Crippen molar-refractivity contribution in [1.29, 1.82) is 0 Å². The van der Waals surface area contributed by atoms with Crippen molar-refractivity contribution in [2.75, 3.05) is 0 Å². The standard InChI is InChI=1S/C11H20N2O3/c1-10(2,11(3,4)16)13-9(15)7-5-6-8(14)12-7/h7,16H,5-6H2,1-4H3,(H,12,14)(H,13,15)/t7-/m1/s1. The van der Waals surface area contributed by atoms with Crippen molar-refractivity contribution in [3.8, 4) is 0 Å². The van der Waals surface area contributed by atoms with Crippen LogP contribution < -0.4 is 10.6 Å². The molecule has 0 bridgehead atoms. The molecule has 2 amide bonds. The number of nitrogens with one attached hydrogen (secondary N) is 2. The number of aliphatic hydroxyl groups is 1. The second kappa shape index (κ2) is 4.05. The Morgan fingerprint density at radius 3 is 2.38 bits per heavy atom. The summed E-state index contributed by atoms with van der Waals surface area (Å²) in [4.78, 5) is 22.8. The molecule has 1 saturated heterocycles. The highest BCUT2D eigenvalue weighted by Crippen LogP contribution is 2.21. The summed E-state index contributed by atoms with van der Waals surface area (Å²) in [6.07, 6.45) is 0.910. The van der Waals surface area contributed by atoms with E-state index in [9.17, 15) is 14.7 Å². The van der Waals surface area contributed by atoms with Gasteiger partial charge in [-0.25, -0.2) is 0 Å². The molecule has 0 aromatic heterocycles. The molecule has 1 aliphatic heterocycles. The van der Waals surface area contributed by atoms with Crippen molar-refractivity contribution in [1.82, 2.24) is 10.6 Å². The van der Waals surface area contributed by atoms with E-state index in [1.165, 1.54) is 0 Å². The van der Waals surface area contributed by atoms with Crippen LogP contribution in [0, 0.1) is 0 Å². The van der Waals surface area contributed by atoms with Gasteiger partial charge in [0, 0.05) is 6.42 Å². The second-order valence-corrected chi connectivity index (χ2v) is 5.33. The number of amides is 2. The Hall–Kier alpha value is -1.10. The largest absolute Gasteiger partial charge is 0.388 e. The van der Waals surface area contributed by atoms with Gasteiger partial charge in [0.15, 0.2) is 0 Å². The molecule has 5 heteroatoms. The first-order valence-electron chi connectivity index (χ1n) is 5.47. The predicted octanol–water partition coefficient (Wildman–Crippen LogP) is -0.0693. The number of carbonyl (C=O) groups is 2. The van der Waals surface area contributed by atoms with Crippen LogP contribution in [0.3, 0.4) is 0 Å². The number of hydrogen-bond donors (Lipinski definition) is 3. The summed E-state index contributed by atoms with van der Waals surface area (Å²) < 4.78 is 0. The topological polar surface area (TPSA) is 78.4 Å². The fourth-order valence-corrected chi connectivity index (χ4v) is 1.36. The van der Waals surface area contributed by atoms with Gasteiger partial charge in [0.1, 0.15) is 6.04 Å². The molecule has 0 aromatic carbocycles. The van der Waals surface area contributed by atoms with Gasteiger partial charge >= 0.3 is 0 Å². The Kier molecular flexibility index (Phi) is 3.28. The van der Waals surface area contributed by atoms with Crippen LogP contribution in [0.1, 0.15) is 40.5 Å². The zero-order valence-electron chi connectivity index (χ0n) is 10.3. The summed E-state index contributed by atoms with van der Waals surface area (Å²) in [5.41, 5.74) is -1.76. The first-order chi connectivity index (χ1) is 7.13. The quantitative estimate of drug-likeness (QED) is 0.632. The predicted molar refractivity (Wildman–Crippen MR) is 59.7 cm³/mol. The van der Waals surface area contributed by atoms with Gasteiger partial charge in [-0.15, -0.1) is 0 Å². The fourth-order valence-electron chi connectivity index (χ4n) is 1.36. The molecule has 5 nitrogen and oxygen atoms in total. The lowest BCUT2D eigenvalue weighted by molar-refractivity contribution is -0.129. The third-order valence-electron chi connectivity index (χ3n) is 3.28. The minimum absolute atomic E-state index is 0.0961. The molecule has 0 aliphatic carbocycles. The third-order valence-corrected chi connectivity index (χ3v) is 3.28. The second-order valence-electron chi connectivity index (χ2n) is 5.33. The summed E-state index contributed by atoms with van der Waals surface area (Å²) in [5.74, 6) is -0.334. The van der Waals surface area contributed by atoms with Gasteiger partial charge in [-0.05, 0) is 34.1 Å². The average molecular weight is 228 g/mol. The summed E-state index contributed by atoms with van der Waals surface area (Å²) in [6.45, 7) is 6.78. The molecule has 1 rings (SSSR count). The highest BCUT2D eigenvalue weighted by Gasteiger charge is 2.38. The molecule has 16 heavy (non-hydrogen) atoms. The van der Waals surface area contributed by atoms with Crippen LogP contribution in [-0.2, 0) is 9.59 Å². The average Bonchev–Trinajstić information content (AvgIpc) is 2.48. The van der Waals surface area contributed by atoms with E-state index in [0.717, 1.165) is 0 Å². The molecule has 1 atom stereocenters. The summed E-state index contributed by atoms with van der Waals surface area (Å²) in [6, 6.07) is -0.464. The van der Waals surface area contributed by atoms with Gasteiger partial charge in [-0.1, -0.05) is 0 Å². The molecule has 0 spiro atoms. The van der Waals surface area contributed by atoms with E-state index in [1.54, 1.807) is 27.7 Å². The molecule has 3 N–H and O–H groups in total. The van der Waals surface area contributed by atoms with E-state index in [-0.39, 0.29) is 11.8 Å². The van der Waals surface area contributed by atoms with Crippen LogP contribution >= 0.6 is 0 Å². The molecule has 0 radical (unpaired) electrons. The minimum Gasteiger partial charge on any atom is -0.388 e. The zero-order valence-corrected chi connectivity index (χ0v) is 10.3. The van der Waals surface area contributed by atoms with Crippen molar-refractivity contribution in [2.24, 2.45) is 0 Å². The molecular weight excluding hydrogens is 208 g/mol. The first kappa shape index (κ1) is 13.0. The molecule has 1 heterocycles. The van der Waals surface area contributed by atoms with E-state index in [0.29, 0.717) is 12.8 Å². The summed E-state index contributed by atoms with van der Waals surface area (Å²) >= 11 is 0. The fraction of sp³-hybridized carbons (Fsp3) is 0.818. The van der Waals surface area contributed by atoms with Crippen molar-refractivity contribution in [3.63, 3.8) is 0 Å². The smallest absolute Gasteiger partial charge is 0.243 e. The number of carbonyl (C=O) groups excluding carboxylic acids is 2. The van der Waals surface area contributed by atoms with Gasteiger partial charge in [0.25, 0.3) is 0 Å². The minimum atomic E-state index is -1.02. The van der Waals surface area contributed by atoms with Crippen LogP contribution in [0.5, 0.6) is 0 Å². The van der Waals surface area contributed by atoms with E-state index in [2.05, 4.69) is 10.6 Å². The van der Waals surface area contributed by atoms with Gasteiger partial charge in [0.05, 0.1) is 11.1 Å². The maximum atomic E-state index is 11.8. The Bertz CT molecular complexity index is 305. The first-order valence-corrected chi connectivity index (χ1v) is 5.47. The molecule has 0 saturated carbocycles. The molecule has 1 fully saturated rings. The SMILES string of the molecule is CC(C)(O)C(C)(C)NC(=O)[C@H]1CCC(=O)N1. The van der Waals surface area contributed by atoms with Gasteiger partial charge in [-0.3, -0.25) is 9.59 Å². The van der Waals surface area contributed by atoms with E-state index < -0.39 is 17.2 Å². The van der Waals surface area contributed by atoms with Gasteiger partial charge in [0.2, 0.25) is 11.8 Å². The normalized spacial score (nSPS) is 21.8. The van der Waals surface area contributed by atoms with Crippen LogP contribution in [-0.4, -0.2) is 34.1 Å². The van der Waals surface area contributed by atoms with Crippen molar-refractivity contribution in [3.05, 3.63) is 0 Å². The number of rotatable bonds is 3. The number of hydrogen-bond acceptors (Lipinski definition) is 3. The Balaban J connectivity index is 2.61. The molecule has 0 unspecified atom stereocenters. The Morgan fingerprint density at radius 2 is 2.00 bits per heavy atom. The van der Waals surface area contributed by atoms with Crippen LogP contribution in [0.15, 0.2) is 0 Å². The molecule has 1 aliphatic rings. The Labute approximate surface area is 95.6 Å². The van der Waals surface area contributed by atoms with Crippen molar-refractivity contribution >= 4 is 11.8 Å². The van der Waals surface area contributed by atoms with Gasteiger partial charge < -0.3 is 15.7 Å². The van der Waals surface area contributed by atoms with Gasteiger partial charge in [-0.2, -0.15) is 0 Å².